The van der Waals surface area contributed by atoms with Crippen molar-refractivity contribution in [3.8, 4) is 0 Å². The minimum atomic E-state index is -3.76. The Kier molecular flexibility index (Phi) is 5.47. The maximum Gasteiger partial charge on any atom is 0.322 e. The zero-order valence-electron chi connectivity index (χ0n) is 17.4. The number of aryl methyl sites for hydroxylation is 1. The van der Waals surface area contributed by atoms with Crippen LogP contribution in [0.5, 0.6) is 0 Å². The van der Waals surface area contributed by atoms with Crippen LogP contribution >= 0.6 is 0 Å². The average molecular weight is 468 g/mol. The molecule has 3 aromatic rings. The molecule has 1 N–H and O–H groups in total. The number of nitrogens with one attached hydrogen (secondary N) is 1. The van der Waals surface area contributed by atoms with Crippen LogP contribution in [-0.2, 0) is 25.9 Å². The van der Waals surface area contributed by atoms with Crippen molar-refractivity contribution in [2.45, 2.75) is 17.7 Å². The van der Waals surface area contributed by atoms with Gasteiger partial charge in [-0.1, -0.05) is 23.3 Å². The molecule has 0 spiro atoms. The topological polar surface area (TPSA) is 124 Å². The van der Waals surface area contributed by atoms with Gasteiger partial charge in [0.25, 0.3) is 21.8 Å². The van der Waals surface area contributed by atoms with Gasteiger partial charge in [-0.3, -0.25) is 14.4 Å². The predicted octanol–water partition coefficient (Wildman–Crippen LogP) is 2.81. The number of carbonyl (C=O) groups excluding carboxylic acids is 1. The summed E-state index contributed by atoms with van der Waals surface area (Å²) >= 11 is 0. The van der Waals surface area contributed by atoms with Crippen LogP contribution in [0.1, 0.15) is 28.2 Å². The Morgan fingerprint density at radius 2 is 1.85 bits per heavy atom. The molecule has 2 aromatic carbocycles. The van der Waals surface area contributed by atoms with Crippen LogP contribution in [-0.4, -0.2) is 44.3 Å². The molecule has 5 rings (SSSR count). The Bertz CT molecular complexity index is 1320. The van der Waals surface area contributed by atoms with Crippen molar-refractivity contribution in [2.24, 2.45) is 0 Å². The maximum atomic E-state index is 13.2. The molecule has 0 saturated carbocycles. The van der Waals surface area contributed by atoms with Gasteiger partial charge in [0.1, 0.15) is 19.5 Å². The first-order chi connectivity index (χ1) is 16.0. The van der Waals surface area contributed by atoms with Gasteiger partial charge in [0, 0.05) is 12.1 Å². The van der Waals surface area contributed by atoms with Crippen LogP contribution in [0.25, 0.3) is 5.76 Å². The van der Waals surface area contributed by atoms with Crippen LogP contribution in [0.2, 0.25) is 0 Å². The van der Waals surface area contributed by atoms with E-state index in [2.05, 4.69) is 15.5 Å². The summed E-state index contributed by atoms with van der Waals surface area (Å²) in [6, 6.07) is 13.1. The van der Waals surface area contributed by atoms with E-state index in [9.17, 15) is 13.2 Å². The second-order valence-electron chi connectivity index (χ2n) is 7.40. The highest BCUT2D eigenvalue weighted by Crippen LogP contribution is 2.31. The summed E-state index contributed by atoms with van der Waals surface area (Å²) in [5.74, 6) is -0.163. The standard InChI is InChI=1S/C22H20N4O6S/c27-20(23-22-25-24-21(32-22)19-14-30-12-13-31-19)16-7-9-17(10-8-16)33(28,29)26-11-3-5-15-4-1-2-6-18(15)26/h1-2,4,6-10,14H,3,5,11-13H2,(H,23,25,27). The van der Waals surface area contributed by atoms with E-state index in [4.69, 9.17) is 13.9 Å². The number of carbonyl (C=O) groups is 1. The lowest BCUT2D eigenvalue weighted by atomic mass is 10.0. The number of hydrogen-bond acceptors (Lipinski definition) is 8. The van der Waals surface area contributed by atoms with Crippen molar-refractivity contribution in [2.75, 3.05) is 29.4 Å². The second kappa shape index (κ2) is 8.58. The van der Waals surface area contributed by atoms with E-state index < -0.39 is 15.9 Å². The van der Waals surface area contributed by atoms with E-state index in [1.165, 1.54) is 34.8 Å². The van der Waals surface area contributed by atoms with Crippen molar-refractivity contribution >= 4 is 33.4 Å². The quantitative estimate of drug-likeness (QED) is 0.606. The summed E-state index contributed by atoms with van der Waals surface area (Å²) in [6.07, 6.45) is 2.95. The number of fused-ring (bicyclic) bond motifs is 1. The summed E-state index contributed by atoms with van der Waals surface area (Å²) in [6.45, 7) is 1.19. The normalized spacial score (nSPS) is 15.6. The highest BCUT2D eigenvalue weighted by Gasteiger charge is 2.29. The SMILES string of the molecule is O=C(Nc1nnc(C2=COCCO2)o1)c1ccc(S(=O)(=O)N2CCCc3ccccc32)cc1. The summed E-state index contributed by atoms with van der Waals surface area (Å²) < 4.78 is 43.8. The first-order valence-electron chi connectivity index (χ1n) is 10.3. The molecule has 0 fully saturated rings. The van der Waals surface area contributed by atoms with Gasteiger partial charge < -0.3 is 13.9 Å². The van der Waals surface area contributed by atoms with E-state index in [1.54, 1.807) is 0 Å². The van der Waals surface area contributed by atoms with Crippen molar-refractivity contribution in [3.05, 3.63) is 71.8 Å². The van der Waals surface area contributed by atoms with E-state index in [1.807, 2.05) is 24.3 Å². The fraction of sp³-hybridized carbons (Fsp3) is 0.227. The zero-order valence-corrected chi connectivity index (χ0v) is 18.2. The van der Waals surface area contributed by atoms with Gasteiger partial charge in [-0.2, -0.15) is 0 Å². The van der Waals surface area contributed by atoms with Crippen LogP contribution in [0, 0.1) is 0 Å². The van der Waals surface area contributed by atoms with Crippen molar-refractivity contribution in [1.82, 2.24) is 10.2 Å². The highest BCUT2D eigenvalue weighted by molar-refractivity contribution is 7.92. The van der Waals surface area contributed by atoms with Crippen molar-refractivity contribution in [3.63, 3.8) is 0 Å². The van der Waals surface area contributed by atoms with E-state index >= 15 is 0 Å². The lowest BCUT2D eigenvalue weighted by molar-refractivity contribution is 0.102. The molecule has 0 aliphatic carbocycles. The Hall–Kier alpha value is -3.86. The molecular formula is C22H20N4O6S. The third-order valence-electron chi connectivity index (χ3n) is 5.28. The van der Waals surface area contributed by atoms with Crippen LogP contribution in [0.4, 0.5) is 11.7 Å². The van der Waals surface area contributed by atoms with Gasteiger partial charge >= 0.3 is 6.01 Å². The third-order valence-corrected chi connectivity index (χ3v) is 7.10. The summed E-state index contributed by atoms with van der Waals surface area (Å²) in [5, 5.41) is 10.1. The highest BCUT2D eigenvalue weighted by atomic mass is 32.2. The Morgan fingerprint density at radius 3 is 2.64 bits per heavy atom. The van der Waals surface area contributed by atoms with Gasteiger partial charge in [0.2, 0.25) is 5.76 Å². The molecule has 0 unspecified atom stereocenters. The molecule has 0 saturated heterocycles. The lowest BCUT2D eigenvalue weighted by Gasteiger charge is -2.30. The molecular weight excluding hydrogens is 448 g/mol. The number of nitrogens with zero attached hydrogens (tertiary/aromatic N) is 3. The molecule has 1 amide bonds. The monoisotopic (exact) mass is 468 g/mol. The van der Waals surface area contributed by atoms with Crippen LogP contribution in [0.15, 0.2) is 64.1 Å². The molecule has 170 valence electrons. The number of rotatable bonds is 5. The van der Waals surface area contributed by atoms with Gasteiger partial charge in [-0.15, -0.1) is 5.10 Å². The smallest absolute Gasteiger partial charge is 0.322 e. The predicted molar refractivity (Wildman–Crippen MR) is 118 cm³/mol. The third kappa shape index (κ3) is 4.14. The lowest BCUT2D eigenvalue weighted by Crippen LogP contribution is -2.35. The molecule has 0 atom stereocenters. The summed E-state index contributed by atoms with van der Waals surface area (Å²) in [7, 11) is -3.76. The fourth-order valence-corrected chi connectivity index (χ4v) is 5.22. The number of ether oxygens (including phenoxy) is 2. The molecule has 2 aliphatic heterocycles. The fourth-order valence-electron chi connectivity index (χ4n) is 3.68. The summed E-state index contributed by atoms with van der Waals surface area (Å²) in [5.41, 5.74) is 1.94. The van der Waals surface area contributed by atoms with E-state index in [-0.39, 0.29) is 28.1 Å². The Labute approximate surface area is 189 Å². The minimum absolute atomic E-state index is 0.0771. The molecule has 0 bridgehead atoms. The largest absolute Gasteiger partial charge is 0.494 e. The van der Waals surface area contributed by atoms with Gasteiger partial charge in [0.15, 0.2) is 0 Å². The summed E-state index contributed by atoms with van der Waals surface area (Å²) in [4.78, 5) is 12.7. The molecule has 3 heterocycles. The first-order valence-corrected chi connectivity index (χ1v) is 11.8. The number of para-hydroxylation sites is 1. The molecule has 2 aliphatic rings. The van der Waals surface area contributed by atoms with E-state index in [0.717, 1.165) is 18.4 Å². The molecule has 11 heteroatoms. The number of aromatic nitrogens is 2. The average Bonchev–Trinajstić information content (AvgIpc) is 3.33. The van der Waals surface area contributed by atoms with Crippen LogP contribution < -0.4 is 9.62 Å². The zero-order chi connectivity index (χ0) is 22.8. The van der Waals surface area contributed by atoms with E-state index in [0.29, 0.717) is 25.4 Å². The van der Waals surface area contributed by atoms with Gasteiger partial charge in [0.05, 0.1) is 10.6 Å². The molecule has 0 radical (unpaired) electrons. The molecule has 10 nitrogen and oxygen atoms in total. The minimum Gasteiger partial charge on any atom is -0.494 e. The van der Waals surface area contributed by atoms with Crippen molar-refractivity contribution < 1.29 is 27.1 Å². The number of anilines is 2. The second-order valence-corrected chi connectivity index (χ2v) is 9.26. The van der Waals surface area contributed by atoms with Crippen LogP contribution in [0.3, 0.4) is 0 Å². The first kappa shape index (κ1) is 21.0. The molecule has 1 aromatic heterocycles. The molecule has 33 heavy (non-hydrogen) atoms. The number of sulfonamides is 1. The Balaban J connectivity index is 1.31. The maximum absolute atomic E-state index is 13.2. The van der Waals surface area contributed by atoms with Gasteiger partial charge in [-0.05, 0) is 48.7 Å². The number of benzene rings is 2. The Morgan fingerprint density at radius 1 is 1.03 bits per heavy atom. The number of amides is 1. The number of hydrogen-bond donors (Lipinski definition) is 1. The van der Waals surface area contributed by atoms with Crippen molar-refractivity contribution in [1.29, 1.82) is 0 Å². The van der Waals surface area contributed by atoms with Gasteiger partial charge in [-0.25, -0.2) is 8.42 Å².